The Kier molecular flexibility index (Phi) is 5.72. The van der Waals surface area contributed by atoms with Crippen LogP contribution in [0, 0.1) is 6.92 Å². The van der Waals surface area contributed by atoms with Crippen molar-refractivity contribution in [1.29, 1.82) is 0 Å². The summed E-state index contributed by atoms with van der Waals surface area (Å²) < 4.78 is 41.9. The van der Waals surface area contributed by atoms with E-state index in [-0.39, 0.29) is 12.4 Å². The highest BCUT2D eigenvalue weighted by Gasteiger charge is 2.31. The molecule has 32 heavy (non-hydrogen) atoms. The smallest absolute Gasteiger partial charge is 0.382 e. The molecule has 3 heterocycles. The van der Waals surface area contributed by atoms with Gasteiger partial charge in [-0.2, -0.15) is 23.4 Å². The van der Waals surface area contributed by atoms with Crippen LogP contribution in [-0.2, 0) is 28.9 Å². The van der Waals surface area contributed by atoms with E-state index < -0.39 is 23.8 Å². The maximum atomic E-state index is 12.9. The molecule has 1 aromatic carbocycles. The van der Waals surface area contributed by atoms with Crippen LogP contribution in [0.2, 0.25) is 0 Å². The standard InChI is InChI=1S/C21H21F3N6O2/c1-3-29-12-16(13(2)26-29)17-10-18(32-28-17)20(31)25-19-7-8-30(27-19)11-14-5-4-6-15(9-14)21(22,23)24/h4-9,12,18H,3,10-11H2,1-2H3,(H,25,27,31). The fourth-order valence-corrected chi connectivity index (χ4v) is 3.40. The van der Waals surface area contributed by atoms with Crippen molar-refractivity contribution in [1.82, 2.24) is 19.6 Å². The maximum Gasteiger partial charge on any atom is 0.416 e. The lowest BCUT2D eigenvalue weighted by molar-refractivity contribution is -0.137. The summed E-state index contributed by atoms with van der Waals surface area (Å²) in [5, 5.41) is 15.3. The van der Waals surface area contributed by atoms with Gasteiger partial charge in [0.1, 0.15) is 0 Å². The number of halogens is 3. The Labute approximate surface area is 181 Å². The van der Waals surface area contributed by atoms with Gasteiger partial charge in [0.2, 0.25) is 6.10 Å². The van der Waals surface area contributed by atoms with Crippen LogP contribution in [0.5, 0.6) is 0 Å². The van der Waals surface area contributed by atoms with E-state index in [1.165, 1.54) is 10.7 Å². The molecule has 8 nitrogen and oxygen atoms in total. The Hall–Kier alpha value is -3.63. The number of nitrogens with one attached hydrogen (secondary N) is 1. The second kappa shape index (κ2) is 8.48. The number of oxime groups is 1. The van der Waals surface area contributed by atoms with Gasteiger partial charge in [0, 0.05) is 37.0 Å². The van der Waals surface area contributed by atoms with Crippen LogP contribution in [0.25, 0.3) is 0 Å². The maximum absolute atomic E-state index is 12.9. The summed E-state index contributed by atoms with van der Waals surface area (Å²) >= 11 is 0. The molecule has 3 aromatic rings. The van der Waals surface area contributed by atoms with Crippen LogP contribution < -0.4 is 5.32 Å². The fraction of sp³-hybridized carbons (Fsp3) is 0.333. The number of aromatic nitrogens is 4. The molecule has 1 unspecified atom stereocenters. The first-order chi connectivity index (χ1) is 15.2. The Morgan fingerprint density at radius 1 is 1.25 bits per heavy atom. The zero-order chi connectivity index (χ0) is 22.9. The second-order valence-corrected chi connectivity index (χ2v) is 7.41. The highest BCUT2D eigenvalue weighted by atomic mass is 19.4. The molecular formula is C21H21F3N6O2. The van der Waals surface area contributed by atoms with Crippen molar-refractivity contribution < 1.29 is 22.8 Å². The van der Waals surface area contributed by atoms with Crippen molar-refractivity contribution in [3.8, 4) is 0 Å². The lowest BCUT2D eigenvalue weighted by Gasteiger charge is -2.09. The monoisotopic (exact) mass is 446 g/mol. The lowest BCUT2D eigenvalue weighted by atomic mass is 10.1. The summed E-state index contributed by atoms with van der Waals surface area (Å²) in [5.41, 5.74) is 2.03. The predicted octanol–water partition coefficient (Wildman–Crippen LogP) is 3.61. The number of aryl methyl sites for hydroxylation is 2. The van der Waals surface area contributed by atoms with Gasteiger partial charge in [-0.25, -0.2) is 0 Å². The Balaban J connectivity index is 1.36. The largest absolute Gasteiger partial charge is 0.416 e. The summed E-state index contributed by atoms with van der Waals surface area (Å²) in [5.74, 6) is -0.136. The lowest BCUT2D eigenvalue weighted by Crippen LogP contribution is -2.28. The molecule has 0 aliphatic carbocycles. The number of nitrogens with zero attached hydrogens (tertiary/aromatic N) is 5. The van der Waals surface area contributed by atoms with Crippen LogP contribution in [0.1, 0.15) is 35.7 Å². The number of rotatable bonds is 6. The minimum absolute atomic E-state index is 0.133. The highest BCUT2D eigenvalue weighted by molar-refractivity contribution is 6.06. The molecule has 1 atom stereocenters. The van der Waals surface area contributed by atoms with E-state index in [4.69, 9.17) is 4.84 Å². The molecule has 1 aliphatic heterocycles. The van der Waals surface area contributed by atoms with Gasteiger partial charge in [0.05, 0.1) is 23.5 Å². The summed E-state index contributed by atoms with van der Waals surface area (Å²) in [7, 11) is 0. The van der Waals surface area contributed by atoms with Crippen LogP contribution in [0.4, 0.5) is 19.0 Å². The van der Waals surface area contributed by atoms with Crippen molar-refractivity contribution in [2.24, 2.45) is 5.16 Å². The second-order valence-electron chi connectivity index (χ2n) is 7.41. The predicted molar refractivity (Wildman–Crippen MR) is 110 cm³/mol. The van der Waals surface area contributed by atoms with Gasteiger partial charge in [-0.15, -0.1) is 0 Å². The van der Waals surface area contributed by atoms with Crippen molar-refractivity contribution in [2.45, 2.75) is 45.6 Å². The molecule has 2 aromatic heterocycles. The third kappa shape index (κ3) is 4.66. The zero-order valence-electron chi connectivity index (χ0n) is 17.4. The quantitative estimate of drug-likeness (QED) is 0.627. The van der Waals surface area contributed by atoms with Gasteiger partial charge in [0.25, 0.3) is 5.91 Å². The molecule has 0 radical (unpaired) electrons. The molecule has 1 N–H and O–H groups in total. The van der Waals surface area contributed by atoms with Crippen molar-refractivity contribution >= 4 is 17.4 Å². The minimum atomic E-state index is -4.41. The number of anilines is 1. The first-order valence-corrected chi connectivity index (χ1v) is 10.0. The average molecular weight is 446 g/mol. The molecule has 168 valence electrons. The van der Waals surface area contributed by atoms with Gasteiger partial charge in [-0.3, -0.25) is 14.2 Å². The number of benzene rings is 1. The van der Waals surface area contributed by atoms with E-state index in [0.717, 1.165) is 29.9 Å². The summed E-state index contributed by atoms with van der Waals surface area (Å²) in [4.78, 5) is 17.9. The number of amides is 1. The van der Waals surface area contributed by atoms with Crippen LogP contribution in [-0.4, -0.2) is 37.3 Å². The fourth-order valence-electron chi connectivity index (χ4n) is 3.40. The third-order valence-electron chi connectivity index (χ3n) is 5.03. The molecule has 0 saturated heterocycles. The SMILES string of the molecule is CCn1cc(C2=NOC(C(=O)Nc3ccn(Cc4cccc(C(F)(F)F)c4)n3)C2)c(C)n1. The van der Waals surface area contributed by atoms with Crippen LogP contribution in [0.3, 0.4) is 0 Å². The van der Waals surface area contributed by atoms with Crippen LogP contribution in [0.15, 0.2) is 47.9 Å². The Bertz CT molecular complexity index is 1160. The van der Waals surface area contributed by atoms with Gasteiger partial charge in [0.15, 0.2) is 5.82 Å². The number of carbonyl (C=O) groups excluding carboxylic acids is 1. The minimum Gasteiger partial charge on any atom is -0.382 e. The summed E-state index contributed by atoms with van der Waals surface area (Å²) in [6.45, 7) is 4.70. The Morgan fingerprint density at radius 3 is 2.78 bits per heavy atom. The number of hydrogen-bond donors (Lipinski definition) is 1. The van der Waals surface area contributed by atoms with Gasteiger partial charge in [-0.1, -0.05) is 17.3 Å². The van der Waals surface area contributed by atoms with E-state index in [9.17, 15) is 18.0 Å². The first kappa shape index (κ1) is 21.6. The van der Waals surface area contributed by atoms with Crippen LogP contribution >= 0.6 is 0 Å². The van der Waals surface area contributed by atoms with E-state index in [0.29, 0.717) is 17.7 Å². The number of alkyl halides is 3. The number of hydrogen-bond acceptors (Lipinski definition) is 5. The summed E-state index contributed by atoms with van der Waals surface area (Å²) in [6.07, 6.45) is -1.46. The molecule has 0 saturated carbocycles. The zero-order valence-corrected chi connectivity index (χ0v) is 17.4. The molecule has 0 spiro atoms. The van der Waals surface area contributed by atoms with E-state index in [2.05, 4.69) is 20.7 Å². The molecule has 1 aliphatic rings. The van der Waals surface area contributed by atoms with Gasteiger partial charge >= 0.3 is 6.18 Å². The van der Waals surface area contributed by atoms with Gasteiger partial charge < -0.3 is 10.2 Å². The molecular weight excluding hydrogens is 425 g/mol. The van der Waals surface area contributed by atoms with E-state index in [1.54, 1.807) is 23.0 Å². The Morgan fingerprint density at radius 2 is 2.06 bits per heavy atom. The molecule has 1 amide bonds. The highest BCUT2D eigenvalue weighted by Crippen LogP contribution is 2.29. The molecule has 4 rings (SSSR count). The first-order valence-electron chi connectivity index (χ1n) is 10.0. The van der Waals surface area contributed by atoms with E-state index in [1.807, 2.05) is 20.0 Å². The normalized spacial score (nSPS) is 16.0. The molecule has 0 fully saturated rings. The van der Waals surface area contributed by atoms with Crippen molar-refractivity contribution in [3.63, 3.8) is 0 Å². The third-order valence-corrected chi connectivity index (χ3v) is 5.03. The van der Waals surface area contributed by atoms with Crippen molar-refractivity contribution in [3.05, 3.63) is 65.1 Å². The summed E-state index contributed by atoms with van der Waals surface area (Å²) in [6, 6.07) is 6.60. The topological polar surface area (TPSA) is 86.3 Å². The average Bonchev–Trinajstić information content (AvgIpc) is 3.47. The molecule has 0 bridgehead atoms. The van der Waals surface area contributed by atoms with Gasteiger partial charge in [-0.05, 0) is 31.5 Å². The van der Waals surface area contributed by atoms with Crippen molar-refractivity contribution in [2.75, 3.05) is 5.32 Å². The molecule has 11 heteroatoms. The number of carbonyl (C=O) groups is 1. The van der Waals surface area contributed by atoms with E-state index >= 15 is 0 Å².